The molecule has 2 heterocycles. The SMILES string of the molecule is Cc1ccc(-n2c(-c3ccccc3C)cnc2SCc2nc3ccccc3[nH]2)cc1. The molecule has 0 radical (unpaired) electrons. The second kappa shape index (κ2) is 7.84. The van der Waals surface area contributed by atoms with Crippen LogP contribution in [-0.2, 0) is 5.75 Å². The molecular weight excluding hydrogens is 388 g/mol. The maximum atomic E-state index is 4.79. The number of aryl methyl sites for hydroxylation is 2. The summed E-state index contributed by atoms with van der Waals surface area (Å²) in [6.45, 7) is 4.25. The van der Waals surface area contributed by atoms with E-state index < -0.39 is 0 Å². The number of fused-ring (bicyclic) bond motifs is 1. The van der Waals surface area contributed by atoms with Crippen molar-refractivity contribution in [1.82, 2.24) is 19.5 Å². The number of rotatable bonds is 5. The van der Waals surface area contributed by atoms with E-state index in [0.29, 0.717) is 0 Å². The van der Waals surface area contributed by atoms with Gasteiger partial charge in [0.25, 0.3) is 0 Å². The molecule has 0 fully saturated rings. The maximum Gasteiger partial charge on any atom is 0.173 e. The van der Waals surface area contributed by atoms with E-state index in [2.05, 4.69) is 78.0 Å². The largest absolute Gasteiger partial charge is 0.341 e. The maximum absolute atomic E-state index is 4.79. The van der Waals surface area contributed by atoms with Crippen molar-refractivity contribution in [3.05, 3.63) is 95.9 Å². The zero-order valence-electron chi connectivity index (χ0n) is 17.0. The van der Waals surface area contributed by atoms with Crippen molar-refractivity contribution in [1.29, 1.82) is 0 Å². The average molecular weight is 411 g/mol. The molecule has 148 valence electrons. The number of nitrogens with one attached hydrogen (secondary N) is 1. The Kier molecular flexibility index (Phi) is 4.89. The average Bonchev–Trinajstić information content (AvgIpc) is 3.37. The summed E-state index contributed by atoms with van der Waals surface area (Å²) < 4.78 is 2.25. The molecule has 1 N–H and O–H groups in total. The number of para-hydroxylation sites is 2. The lowest BCUT2D eigenvalue weighted by molar-refractivity contribution is 0.897. The molecule has 0 aliphatic carbocycles. The van der Waals surface area contributed by atoms with Crippen molar-refractivity contribution >= 4 is 22.8 Å². The van der Waals surface area contributed by atoms with Crippen molar-refractivity contribution in [3.8, 4) is 16.9 Å². The first-order valence-corrected chi connectivity index (χ1v) is 10.9. The normalized spacial score (nSPS) is 11.3. The number of thioether (sulfide) groups is 1. The quantitative estimate of drug-likeness (QED) is 0.345. The van der Waals surface area contributed by atoms with E-state index in [1.807, 2.05) is 24.4 Å². The van der Waals surface area contributed by atoms with Crippen LogP contribution in [0.15, 0.2) is 84.1 Å². The van der Waals surface area contributed by atoms with Crippen LogP contribution in [0.5, 0.6) is 0 Å². The van der Waals surface area contributed by atoms with Gasteiger partial charge in [-0.25, -0.2) is 9.97 Å². The summed E-state index contributed by atoms with van der Waals surface area (Å²) in [6.07, 6.45) is 1.98. The van der Waals surface area contributed by atoms with Gasteiger partial charge in [0.15, 0.2) is 5.16 Å². The molecule has 5 heteroatoms. The lowest BCUT2D eigenvalue weighted by Crippen LogP contribution is -2.00. The molecule has 0 saturated carbocycles. The Balaban J connectivity index is 1.54. The predicted molar refractivity (Wildman–Crippen MR) is 124 cm³/mol. The van der Waals surface area contributed by atoms with Gasteiger partial charge in [-0.2, -0.15) is 0 Å². The monoisotopic (exact) mass is 410 g/mol. The standard InChI is InChI=1S/C25H22N4S/c1-17-11-13-19(14-12-17)29-23(20-8-4-3-7-18(20)2)15-26-25(29)30-16-24-27-21-9-5-6-10-22(21)28-24/h3-15H,16H2,1-2H3,(H,27,28). The third-order valence-corrected chi connectivity index (χ3v) is 6.18. The van der Waals surface area contributed by atoms with E-state index in [-0.39, 0.29) is 0 Å². The van der Waals surface area contributed by atoms with Crippen LogP contribution in [0.1, 0.15) is 17.0 Å². The molecule has 0 atom stereocenters. The highest BCUT2D eigenvalue weighted by Crippen LogP contribution is 2.32. The van der Waals surface area contributed by atoms with E-state index >= 15 is 0 Å². The van der Waals surface area contributed by atoms with Crippen LogP contribution >= 0.6 is 11.8 Å². The molecule has 2 aromatic heterocycles. The molecule has 5 rings (SSSR count). The van der Waals surface area contributed by atoms with Crippen LogP contribution in [0.25, 0.3) is 28.0 Å². The summed E-state index contributed by atoms with van der Waals surface area (Å²) in [7, 11) is 0. The molecule has 30 heavy (non-hydrogen) atoms. The fourth-order valence-electron chi connectivity index (χ4n) is 3.64. The van der Waals surface area contributed by atoms with Gasteiger partial charge in [-0.3, -0.25) is 4.57 Å². The summed E-state index contributed by atoms with van der Waals surface area (Å²) in [5.74, 6) is 1.68. The summed E-state index contributed by atoms with van der Waals surface area (Å²) in [6, 6.07) is 25.2. The van der Waals surface area contributed by atoms with Crippen molar-refractivity contribution in [2.45, 2.75) is 24.8 Å². The molecule has 0 spiro atoms. The highest BCUT2D eigenvalue weighted by Gasteiger charge is 2.16. The zero-order valence-corrected chi connectivity index (χ0v) is 17.8. The molecule has 4 nitrogen and oxygen atoms in total. The topological polar surface area (TPSA) is 46.5 Å². The third kappa shape index (κ3) is 3.53. The highest BCUT2D eigenvalue weighted by atomic mass is 32.2. The first-order chi connectivity index (χ1) is 14.7. The fraction of sp³-hybridized carbons (Fsp3) is 0.120. The lowest BCUT2D eigenvalue weighted by atomic mass is 10.1. The summed E-state index contributed by atoms with van der Waals surface area (Å²) in [5.41, 5.74) is 7.95. The molecule has 0 amide bonds. The predicted octanol–water partition coefficient (Wildman–Crippen LogP) is 6.32. The number of aromatic nitrogens is 4. The molecular formula is C25H22N4S. The number of imidazole rings is 2. The summed E-state index contributed by atoms with van der Waals surface area (Å²) in [5, 5.41) is 0.956. The van der Waals surface area contributed by atoms with Crippen molar-refractivity contribution < 1.29 is 0 Å². The minimum atomic E-state index is 0.727. The Morgan fingerprint density at radius 3 is 2.47 bits per heavy atom. The number of hydrogen-bond donors (Lipinski definition) is 1. The number of hydrogen-bond acceptors (Lipinski definition) is 3. The molecule has 5 aromatic rings. The Hall–Kier alpha value is -3.31. The second-order valence-electron chi connectivity index (χ2n) is 7.40. The Morgan fingerprint density at radius 1 is 0.900 bits per heavy atom. The van der Waals surface area contributed by atoms with Crippen LogP contribution in [-0.4, -0.2) is 19.5 Å². The smallest absolute Gasteiger partial charge is 0.173 e. The van der Waals surface area contributed by atoms with Gasteiger partial charge in [0.1, 0.15) is 5.82 Å². The van der Waals surface area contributed by atoms with E-state index in [9.17, 15) is 0 Å². The van der Waals surface area contributed by atoms with Gasteiger partial charge in [-0.1, -0.05) is 65.9 Å². The van der Waals surface area contributed by atoms with Gasteiger partial charge in [-0.05, 0) is 43.7 Å². The molecule has 0 saturated heterocycles. The molecule has 0 unspecified atom stereocenters. The van der Waals surface area contributed by atoms with Gasteiger partial charge in [-0.15, -0.1) is 0 Å². The summed E-state index contributed by atoms with van der Waals surface area (Å²) >= 11 is 1.69. The van der Waals surface area contributed by atoms with Crippen LogP contribution in [0.4, 0.5) is 0 Å². The van der Waals surface area contributed by atoms with Crippen LogP contribution in [0.3, 0.4) is 0 Å². The van der Waals surface area contributed by atoms with E-state index in [0.717, 1.165) is 39.1 Å². The molecule has 0 aliphatic heterocycles. The number of aromatic amines is 1. The van der Waals surface area contributed by atoms with Gasteiger partial charge < -0.3 is 4.98 Å². The summed E-state index contributed by atoms with van der Waals surface area (Å²) in [4.78, 5) is 12.9. The number of benzene rings is 3. The lowest BCUT2D eigenvalue weighted by Gasteiger charge is -2.13. The van der Waals surface area contributed by atoms with Crippen molar-refractivity contribution in [3.63, 3.8) is 0 Å². The van der Waals surface area contributed by atoms with Crippen LogP contribution in [0, 0.1) is 13.8 Å². The fourth-order valence-corrected chi connectivity index (χ4v) is 4.50. The van der Waals surface area contributed by atoms with Gasteiger partial charge in [0.05, 0.1) is 28.7 Å². The van der Waals surface area contributed by atoms with Crippen molar-refractivity contribution in [2.75, 3.05) is 0 Å². The van der Waals surface area contributed by atoms with Gasteiger partial charge in [0, 0.05) is 11.3 Å². The van der Waals surface area contributed by atoms with Crippen LogP contribution in [0.2, 0.25) is 0 Å². The zero-order chi connectivity index (χ0) is 20.5. The first kappa shape index (κ1) is 18.7. The number of nitrogens with zero attached hydrogens (tertiary/aromatic N) is 3. The minimum Gasteiger partial charge on any atom is -0.341 e. The Bertz CT molecular complexity index is 1280. The molecule has 0 bridgehead atoms. The number of H-pyrrole nitrogens is 1. The van der Waals surface area contributed by atoms with E-state index in [4.69, 9.17) is 9.97 Å². The van der Waals surface area contributed by atoms with E-state index in [1.165, 1.54) is 16.7 Å². The minimum absolute atomic E-state index is 0.727. The first-order valence-electron chi connectivity index (χ1n) is 9.96. The molecule has 3 aromatic carbocycles. The second-order valence-corrected chi connectivity index (χ2v) is 8.34. The van der Waals surface area contributed by atoms with Gasteiger partial charge >= 0.3 is 0 Å². The van der Waals surface area contributed by atoms with Crippen LogP contribution < -0.4 is 0 Å². The third-order valence-electron chi connectivity index (χ3n) is 5.22. The Morgan fingerprint density at radius 2 is 1.67 bits per heavy atom. The Labute approximate surface area is 180 Å². The van der Waals surface area contributed by atoms with E-state index in [1.54, 1.807) is 11.8 Å². The highest BCUT2D eigenvalue weighted by molar-refractivity contribution is 7.98. The molecule has 0 aliphatic rings. The van der Waals surface area contributed by atoms with Crippen molar-refractivity contribution in [2.24, 2.45) is 0 Å². The van der Waals surface area contributed by atoms with Gasteiger partial charge in [0.2, 0.25) is 0 Å².